The van der Waals surface area contributed by atoms with Crippen LogP contribution in [0.25, 0.3) is 0 Å². The fourth-order valence-electron chi connectivity index (χ4n) is 2.26. The summed E-state index contributed by atoms with van der Waals surface area (Å²) in [7, 11) is 0. The van der Waals surface area contributed by atoms with Crippen molar-refractivity contribution in [1.82, 2.24) is 0 Å². The van der Waals surface area contributed by atoms with Crippen molar-refractivity contribution in [2.75, 3.05) is 6.61 Å². The first-order valence-corrected chi connectivity index (χ1v) is 7.18. The molecule has 110 valence electrons. The zero-order valence-electron chi connectivity index (χ0n) is 12.2. The predicted molar refractivity (Wildman–Crippen MR) is 83.0 cm³/mol. The van der Waals surface area contributed by atoms with Crippen molar-refractivity contribution >= 4 is 5.97 Å². The molecule has 21 heavy (non-hydrogen) atoms. The van der Waals surface area contributed by atoms with Gasteiger partial charge in [0.2, 0.25) is 0 Å². The zero-order chi connectivity index (χ0) is 15.1. The molecule has 2 aromatic carbocycles. The molecule has 0 radical (unpaired) electrons. The molecule has 0 aliphatic heterocycles. The summed E-state index contributed by atoms with van der Waals surface area (Å²) in [6, 6.07) is 15.5. The summed E-state index contributed by atoms with van der Waals surface area (Å²) >= 11 is 0. The van der Waals surface area contributed by atoms with Gasteiger partial charge in [0, 0.05) is 5.56 Å². The molecule has 0 bridgehead atoms. The second-order valence-corrected chi connectivity index (χ2v) is 5.03. The molecule has 3 nitrogen and oxygen atoms in total. The smallest absolute Gasteiger partial charge is 0.336 e. The summed E-state index contributed by atoms with van der Waals surface area (Å²) in [6.07, 6.45) is 3.05. The molecule has 0 aromatic heterocycles. The van der Waals surface area contributed by atoms with E-state index in [1.165, 1.54) is 5.56 Å². The molecule has 0 amide bonds. The second kappa shape index (κ2) is 7.48. The Kier molecular flexibility index (Phi) is 5.38. The highest BCUT2D eigenvalue weighted by Crippen LogP contribution is 2.21. The summed E-state index contributed by atoms with van der Waals surface area (Å²) in [5.74, 6) is -0.253. The van der Waals surface area contributed by atoms with Crippen molar-refractivity contribution < 1.29 is 14.6 Å². The van der Waals surface area contributed by atoms with Gasteiger partial charge < -0.3 is 9.84 Å². The summed E-state index contributed by atoms with van der Waals surface area (Å²) < 4.78 is 5.70. The molecular formula is C18H20O3. The third-order valence-electron chi connectivity index (χ3n) is 3.47. The molecule has 2 aromatic rings. The lowest BCUT2D eigenvalue weighted by molar-refractivity contribution is 0.0695. The Morgan fingerprint density at radius 1 is 1.05 bits per heavy atom. The number of rotatable bonds is 7. The van der Waals surface area contributed by atoms with Gasteiger partial charge in [0.25, 0.3) is 0 Å². The molecule has 0 atom stereocenters. The summed E-state index contributed by atoms with van der Waals surface area (Å²) in [5, 5.41) is 9.07. The van der Waals surface area contributed by atoms with Crippen LogP contribution in [0.4, 0.5) is 0 Å². The van der Waals surface area contributed by atoms with E-state index in [1.807, 2.05) is 24.3 Å². The average Bonchev–Trinajstić information content (AvgIpc) is 2.49. The van der Waals surface area contributed by atoms with Crippen LogP contribution in [0, 0.1) is 6.92 Å². The Balaban J connectivity index is 1.79. The Bertz CT molecular complexity index is 591. The molecule has 0 saturated heterocycles. The van der Waals surface area contributed by atoms with Crippen LogP contribution in [-0.4, -0.2) is 17.7 Å². The molecule has 0 saturated carbocycles. The van der Waals surface area contributed by atoms with Crippen LogP contribution in [0.2, 0.25) is 0 Å². The normalized spacial score (nSPS) is 10.3. The van der Waals surface area contributed by atoms with Gasteiger partial charge in [-0.3, -0.25) is 0 Å². The van der Waals surface area contributed by atoms with Gasteiger partial charge >= 0.3 is 5.97 Å². The summed E-state index contributed by atoms with van der Waals surface area (Å²) in [6.45, 7) is 2.39. The molecule has 0 heterocycles. The Hall–Kier alpha value is -2.29. The van der Waals surface area contributed by atoms with Crippen LogP contribution in [0.1, 0.15) is 34.3 Å². The number of carboxylic acid groups (broad SMARTS) is 1. The van der Waals surface area contributed by atoms with Crippen molar-refractivity contribution in [3.8, 4) is 5.75 Å². The standard InChI is InChI=1S/C18H20O3/c1-14-16(18(19)20)11-7-12-17(14)21-13-6-5-10-15-8-3-2-4-9-15/h2-4,7-9,11-12H,5-6,10,13H2,1H3,(H,19,20). The molecule has 0 unspecified atom stereocenters. The number of ether oxygens (including phenoxy) is 1. The first-order chi connectivity index (χ1) is 10.2. The van der Waals surface area contributed by atoms with Crippen molar-refractivity contribution in [2.45, 2.75) is 26.2 Å². The third-order valence-corrected chi connectivity index (χ3v) is 3.47. The highest BCUT2D eigenvalue weighted by Gasteiger charge is 2.10. The van der Waals surface area contributed by atoms with Gasteiger partial charge in [-0.15, -0.1) is 0 Å². The van der Waals surface area contributed by atoms with Gasteiger partial charge in [-0.1, -0.05) is 36.4 Å². The van der Waals surface area contributed by atoms with E-state index in [0.29, 0.717) is 23.5 Å². The number of aromatic carboxylic acids is 1. The fraction of sp³-hybridized carbons (Fsp3) is 0.278. The number of unbranched alkanes of at least 4 members (excludes halogenated alkanes) is 1. The van der Waals surface area contributed by atoms with E-state index in [-0.39, 0.29) is 0 Å². The Morgan fingerprint density at radius 2 is 1.81 bits per heavy atom. The van der Waals surface area contributed by atoms with Crippen molar-refractivity contribution in [3.05, 3.63) is 65.2 Å². The maximum atomic E-state index is 11.1. The molecule has 0 fully saturated rings. The topological polar surface area (TPSA) is 46.5 Å². The number of carbonyl (C=O) groups is 1. The minimum absolute atomic E-state index is 0.303. The summed E-state index contributed by atoms with van der Waals surface area (Å²) in [5.41, 5.74) is 2.33. The number of hydrogen-bond donors (Lipinski definition) is 1. The van der Waals surface area contributed by atoms with Gasteiger partial charge in [-0.2, -0.15) is 0 Å². The van der Waals surface area contributed by atoms with Crippen LogP contribution < -0.4 is 4.74 Å². The van der Waals surface area contributed by atoms with E-state index in [1.54, 1.807) is 19.1 Å². The molecule has 2 rings (SSSR count). The van der Waals surface area contributed by atoms with Crippen LogP contribution in [-0.2, 0) is 6.42 Å². The number of benzene rings is 2. The lowest BCUT2D eigenvalue weighted by atomic mass is 10.1. The van der Waals surface area contributed by atoms with E-state index in [4.69, 9.17) is 9.84 Å². The van der Waals surface area contributed by atoms with E-state index < -0.39 is 5.97 Å². The molecule has 3 heteroatoms. The lowest BCUT2D eigenvalue weighted by Crippen LogP contribution is -2.04. The molecular weight excluding hydrogens is 264 g/mol. The Labute approximate surface area is 125 Å². The van der Waals surface area contributed by atoms with Crippen molar-refractivity contribution in [1.29, 1.82) is 0 Å². The van der Waals surface area contributed by atoms with E-state index in [9.17, 15) is 4.79 Å². The SMILES string of the molecule is Cc1c(OCCCCc2ccccc2)cccc1C(=O)O. The quantitative estimate of drug-likeness (QED) is 0.779. The first kappa shape index (κ1) is 15.1. The van der Waals surface area contributed by atoms with Crippen LogP contribution in [0.3, 0.4) is 0 Å². The van der Waals surface area contributed by atoms with Crippen LogP contribution in [0.5, 0.6) is 5.75 Å². The molecule has 1 N–H and O–H groups in total. The minimum atomic E-state index is -0.915. The Morgan fingerprint density at radius 3 is 2.52 bits per heavy atom. The van der Waals surface area contributed by atoms with Crippen molar-refractivity contribution in [2.24, 2.45) is 0 Å². The van der Waals surface area contributed by atoms with Gasteiger partial charge in [-0.05, 0) is 43.9 Å². The number of carboxylic acids is 1. The van der Waals surface area contributed by atoms with Gasteiger partial charge in [-0.25, -0.2) is 4.79 Å². The monoisotopic (exact) mass is 284 g/mol. The largest absolute Gasteiger partial charge is 0.493 e. The van der Waals surface area contributed by atoms with E-state index in [2.05, 4.69) is 12.1 Å². The van der Waals surface area contributed by atoms with Gasteiger partial charge in [0.1, 0.15) is 5.75 Å². The van der Waals surface area contributed by atoms with Crippen LogP contribution in [0.15, 0.2) is 48.5 Å². The maximum absolute atomic E-state index is 11.1. The minimum Gasteiger partial charge on any atom is -0.493 e. The number of hydrogen-bond acceptors (Lipinski definition) is 2. The molecule has 0 aliphatic carbocycles. The first-order valence-electron chi connectivity index (χ1n) is 7.18. The summed E-state index contributed by atoms with van der Waals surface area (Å²) in [4.78, 5) is 11.1. The molecule has 0 spiro atoms. The molecule has 0 aliphatic rings. The van der Waals surface area contributed by atoms with Gasteiger partial charge in [0.15, 0.2) is 0 Å². The van der Waals surface area contributed by atoms with E-state index in [0.717, 1.165) is 19.3 Å². The predicted octanol–water partition coefficient (Wildman–Crippen LogP) is 4.09. The maximum Gasteiger partial charge on any atom is 0.336 e. The number of aryl methyl sites for hydroxylation is 1. The van der Waals surface area contributed by atoms with Crippen LogP contribution >= 0.6 is 0 Å². The fourth-order valence-corrected chi connectivity index (χ4v) is 2.26. The average molecular weight is 284 g/mol. The zero-order valence-corrected chi connectivity index (χ0v) is 12.2. The third kappa shape index (κ3) is 4.35. The highest BCUT2D eigenvalue weighted by atomic mass is 16.5. The highest BCUT2D eigenvalue weighted by molar-refractivity contribution is 5.90. The van der Waals surface area contributed by atoms with Crippen molar-refractivity contribution in [3.63, 3.8) is 0 Å². The lowest BCUT2D eigenvalue weighted by Gasteiger charge is -2.10. The van der Waals surface area contributed by atoms with E-state index >= 15 is 0 Å². The second-order valence-electron chi connectivity index (χ2n) is 5.03. The van der Waals surface area contributed by atoms with Gasteiger partial charge in [0.05, 0.1) is 12.2 Å².